The third kappa shape index (κ3) is 0.843. The Bertz CT molecular complexity index is 232. The molecule has 0 aromatic carbocycles. The Hall–Kier alpha value is -0.800. The molecule has 0 aliphatic rings. The van der Waals surface area contributed by atoms with Crippen LogP contribution in [0.5, 0.6) is 0 Å². The minimum Gasteiger partial charge on any atom is -0.360 e. The van der Waals surface area contributed by atoms with Gasteiger partial charge in [0.05, 0.1) is 10.2 Å². The number of fused-ring (bicyclic) bond motifs is 1. The number of H-pyrrole nitrogens is 1. The van der Waals surface area contributed by atoms with Gasteiger partial charge >= 0.3 is 0 Å². The van der Waals surface area contributed by atoms with E-state index in [1.165, 1.54) is 10.2 Å². The number of aromatic amines is 1. The predicted molar refractivity (Wildman–Crippen MR) is 41.2 cm³/mol. The van der Waals surface area contributed by atoms with E-state index in [0.717, 1.165) is 0 Å². The van der Waals surface area contributed by atoms with Gasteiger partial charge in [-0.1, -0.05) is 0 Å². The number of hydrogen-bond donors (Lipinski definition) is 2. The van der Waals surface area contributed by atoms with Crippen LogP contribution in [0.25, 0.3) is 10.2 Å². The van der Waals surface area contributed by atoms with Crippen molar-refractivity contribution in [3.05, 3.63) is 23.7 Å². The maximum atomic E-state index is 3.11. The molecule has 0 aliphatic carbocycles. The van der Waals surface area contributed by atoms with Gasteiger partial charge in [0.25, 0.3) is 0 Å². The molecular formula is C6H8N2S. The van der Waals surface area contributed by atoms with Crippen molar-refractivity contribution in [2.24, 2.45) is 0 Å². The normalized spacial score (nSPS) is 9.33. The molecule has 2 aromatic heterocycles. The zero-order valence-electron chi connectivity index (χ0n) is 4.92. The second-order valence-electron chi connectivity index (χ2n) is 1.68. The summed E-state index contributed by atoms with van der Waals surface area (Å²) in [6, 6.07) is 4.17. The molecule has 9 heavy (non-hydrogen) atoms. The monoisotopic (exact) mass is 140 g/mol. The van der Waals surface area contributed by atoms with Crippen LogP contribution in [0.2, 0.25) is 0 Å². The van der Waals surface area contributed by atoms with Crippen molar-refractivity contribution >= 4 is 21.6 Å². The highest BCUT2D eigenvalue weighted by Gasteiger charge is 1.89. The van der Waals surface area contributed by atoms with Gasteiger partial charge in [-0.15, -0.1) is 11.3 Å². The number of hydrogen-bond acceptors (Lipinski definition) is 2. The van der Waals surface area contributed by atoms with Crippen LogP contribution in [0.3, 0.4) is 0 Å². The number of aromatic nitrogens is 1. The van der Waals surface area contributed by atoms with Crippen LogP contribution in [-0.2, 0) is 0 Å². The zero-order valence-corrected chi connectivity index (χ0v) is 5.74. The summed E-state index contributed by atoms with van der Waals surface area (Å²) in [4.78, 5) is 3.11. The van der Waals surface area contributed by atoms with Gasteiger partial charge in [-0.05, 0) is 17.5 Å². The molecule has 3 heteroatoms. The van der Waals surface area contributed by atoms with Crippen LogP contribution in [0, 0.1) is 0 Å². The summed E-state index contributed by atoms with van der Waals surface area (Å²) in [6.45, 7) is 0. The van der Waals surface area contributed by atoms with Crippen LogP contribution in [0.4, 0.5) is 0 Å². The van der Waals surface area contributed by atoms with Crippen LogP contribution in [-0.4, -0.2) is 4.98 Å². The first-order valence-corrected chi connectivity index (χ1v) is 3.35. The molecule has 4 N–H and O–H groups in total. The first-order valence-electron chi connectivity index (χ1n) is 2.47. The molecule has 2 nitrogen and oxygen atoms in total. The molecule has 0 saturated carbocycles. The lowest BCUT2D eigenvalue weighted by atomic mass is 10.5. The summed E-state index contributed by atoms with van der Waals surface area (Å²) in [5, 5.41) is 2.08. The first-order chi connectivity index (χ1) is 3.97. The molecule has 2 heterocycles. The van der Waals surface area contributed by atoms with E-state index in [1.807, 2.05) is 6.20 Å². The van der Waals surface area contributed by atoms with E-state index in [1.54, 1.807) is 11.3 Å². The average molecular weight is 140 g/mol. The molecule has 0 unspecified atom stereocenters. The van der Waals surface area contributed by atoms with E-state index in [2.05, 4.69) is 22.5 Å². The van der Waals surface area contributed by atoms with E-state index in [4.69, 9.17) is 0 Å². The van der Waals surface area contributed by atoms with Crippen LogP contribution < -0.4 is 6.15 Å². The Morgan fingerprint density at radius 2 is 2.22 bits per heavy atom. The second-order valence-corrected chi connectivity index (χ2v) is 2.62. The largest absolute Gasteiger partial charge is 0.360 e. The van der Waals surface area contributed by atoms with Crippen LogP contribution >= 0.6 is 11.3 Å². The van der Waals surface area contributed by atoms with Gasteiger partial charge in [-0.3, -0.25) is 0 Å². The Labute approximate surface area is 57.1 Å². The minimum atomic E-state index is 0. The third-order valence-electron chi connectivity index (χ3n) is 1.17. The van der Waals surface area contributed by atoms with Gasteiger partial charge in [0, 0.05) is 6.20 Å². The molecule has 0 bridgehead atoms. The molecule has 0 amide bonds. The van der Waals surface area contributed by atoms with Crippen molar-refractivity contribution in [3.63, 3.8) is 0 Å². The summed E-state index contributed by atoms with van der Waals surface area (Å²) >= 11 is 1.76. The fourth-order valence-electron chi connectivity index (χ4n) is 0.776. The van der Waals surface area contributed by atoms with Crippen molar-refractivity contribution in [2.45, 2.75) is 0 Å². The molecule has 2 rings (SSSR count). The Balaban J connectivity index is 0.000000405. The highest BCUT2D eigenvalue weighted by Crippen LogP contribution is 2.17. The quantitative estimate of drug-likeness (QED) is 0.580. The number of rotatable bonds is 0. The topological polar surface area (TPSA) is 50.8 Å². The summed E-state index contributed by atoms with van der Waals surface area (Å²) in [5.41, 5.74) is 1.25. The molecule has 0 aliphatic heterocycles. The molecule has 0 spiro atoms. The highest BCUT2D eigenvalue weighted by molar-refractivity contribution is 7.17. The number of nitrogens with one attached hydrogen (secondary N) is 1. The van der Waals surface area contributed by atoms with E-state index >= 15 is 0 Å². The van der Waals surface area contributed by atoms with Gasteiger partial charge in [-0.25, -0.2) is 0 Å². The lowest BCUT2D eigenvalue weighted by Gasteiger charge is -1.66. The smallest absolute Gasteiger partial charge is 0.0563 e. The Kier molecular flexibility index (Phi) is 1.55. The first kappa shape index (κ1) is 6.32. The van der Waals surface area contributed by atoms with Crippen molar-refractivity contribution in [2.75, 3.05) is 0 Å². The summed E-state index contributed by atoms with van der Waals surface area (Å²) in [7, 11) is 0. The van der Waals surface area contributed by atoms with Crippen molar-refractivity contribution in [1.29, 1.82) is 0 Å². The summed E-state index contributed by atoms with van der Waals surface area (Å²) < 4.78 is 1.34. The minimum absolute atomic E-state index is 0. The summed E-state index contributed by atoms with van der Waals surface area (Å²) in [5.74, 6) is 0. The maximum absolute atomic E-state index is 3.11. The fraction of sp³-hybridized carbons (Fsp3) is 0. The molecule has 48 valence electrons. The van der Waals surface area contributed by atoms with E-state index < -0.39 is 0 Å². The van der Waals surface area contributed by atoms with Crippen molar-refractivity contribution < 1.29 is 0 Å². The van der Waals surface area contributed by atoms with E-state index in [9.17, 15) is 0 Å². The zero-order chi connectivity index (χ0) is 5.40. The molecule has 0 saturated heterocycles. The fourth-order valence-corrected chi connectivity index (χ4v) is 1.53. The van der Waals surface area contributed by atoms with Gasteiger partial charge in [-0.2, -0.15) is 0 Å². The molecule has 0 atom stereocenters. The number of thiophene rings is 1. The van der Waals surface area contributed by atoms with E-state index in [-0.39, 0.29) is 6.15 Å². The van der Waals surface area contributed by atoms with E-state index in [0.29, 0.717) is 0 Å². The highest BCUT2D eigenvalue weighted by atomic mass is 32.1. The lowest BCUT2D eigenvalue weighted by molar-refractivity contribution is 1.48. The molecule has 2 aromatic rings. The average Bonchev–Trinajstić information content (AvgIpc) is 2.15. The maximum Gasteiger partial charge on any atom is 0.0563 e. The third-order valence-corrected chi connectivity index (χ3v) is 2.05. The predicted octanol–water partition coefficient (Wildman–Crippen LogP) is 2.39. The molecular weight excluding hydrogens is 132 g/mol. The van der Waals surface area contributed by atoms with Crippen LogP contribution in [0.1, 0.15) is 0 Å². The van der Waals surface area contributed by atoms with Crippen molar-refractivity contribution in [1.82, 2.24) is 11.1 Å². The molecule has 0 fully saturated rings. The SMILES string of the molecule is N.c1cc2sccc2[nH]1. The van der Waals surface area contributed by atoms with Gasteiger partial charge in [0.2, 0.25) is 0 Å². The van der Waals surface area contributed by atoms with Gasteiger partial charge in [0.1, 0.15) is 0 Å². The Morgan fingerprint density at radius 1 is 1.33 bits per heavy atom. The van der Waals surface area contributed by atoms with Gasteiger partial charge < -0.3 is 11.1 Å². The standard InChI is InChI=1S/C6H5NS.H3N/c1-3-7-5-2-4-8-6(1)5;/h1-4,7H;1H3. The second kappa shape index (κ2) is 2.21. The van der Waals surface area contributed by atoms with Gasteiger partial charge in [0.15, 0.2) is 0 Å². The van der Waals surface area contributed by atoms with Crippen LogP contribution in [0.15, 0.2) is 23.7 Å². The van der Waals surface area contributed by atoms with Crippen molar-refractivity contribution in [3.8, 4) is 0 Å². The summed E-state index contributed by atoms with van der Waals surface area (Å²) in [6.07, 6.45) is 1.96. The lowest BCUT2D eigenvalue weighted by Crippen LogP contribution is -1.49. The molecule has 0 radical (unpaired) electrons. The Morgan fingerprint density at radius 3 is 3.00 bits per heavy atom.